The molecule has 2 aromatic carbocycles. The number of nitrogens with zero attached hydrogens (tertiary/aromatic N) is 2. The Balaban J connectivity index is 1.62. The van der Waals surface area contributed by atoms with E-state index < -0.39 is 10.0 Å². The zero-order valence-corrected chi connectivity index (χ0v) is 17.8. The summed E-state index contributed by atoms with van der Waals surface area (Å²) in [5.74, 6) is 0.162. The number of hydrogen-bond donors (Lipinski definition) is 2. The van der Waals surface area contributed by atoms with Gasteiger partial charge >= 0.3 is 0 Å². The highest BCUT2D eigenvalue weighted by Crippen LogP contribution is 2.16. The molecule has 1 heterocycles. The predicted molar refractivity (Wildman–Crippen MR) is 115 cm³/mol. The van der Waals surface area contributed by atoms with Gasteiger partial charge in [-0.05, 0) is 17.2 Å². The Labute approximate surface area is 177 Å². The zero-order valence-electron chi connectivity index (χ0n) is 17.0. The van der Waals surface area contributed by atoms with E-state index in [1.807, 2.05) is 24.3 Å². The molecule has 1 aliphatic rings. The molecular formula is C21H27FN4O3S. The molecule has 0 aliphatic carbocycles. The van der Waals surface area contributed by atoms with E-state index in [1.165, 1.54) is 10.4 Å². The number of sulfonamides is 1. The molecule has 9 heteroatoms. The number of halogens is 1. The SMILES string of the molecule is CN=C(NCc1ccccc1F)NCc1ccccc1CS(=O)(=O)N1CCOCC1. The maximum atomic E-state index is 13.8. The molecule has 30 heavy (non-hydrogen) atoms. The lowest BCUT2D eigenvalue weighted by molar-refractivity contribution is 0.0729. The second-order valence-electron chi connectivity index (χ2n) is 6.91. The average molecular weight is 435 g/mol. The number of aliphatic imine (C=N–C) groups is 1. The summed E-state index contributed by atoms with van der Waals surface area (Å²) in [6.45, 7) is 2.30. The van der Waals surface area contributed by atoms with E-state index in [1.54, 1.807) is 25.2 Å². The number of hydrogen-bond acceptors (Lipinski definition) is 4. The molecule has 0 radical (unpaired) electrons. The minimum Gasteiger partial charge on any atom is -0.379 e. The van der Waals surface area contributed by atoms with Crippen LogP contribution in [0.15, 0.2) is 53.5 Å². The zero-order chi connectivity index (χ0) is 21.4. The summed E-state index contributed by atoms with van der Waals surface area (Å²) in [6, 6.07) is 14.0. The van der Waals surface area contributed by atoms with Crippen molar-refractivity contribution in [3.63, 3.8) is 0 Å². The third-order valence-corrected chi connectivity index (χ3v) is 6.72. The first-order valence-corrected chi connectivity index (χ1v) is 11.4. The van der Waals surface area contributed by atoms with Crippen molar-refractivity contribution in [1.82, 2.24) is 14.9 Å². The Morgan fingerprint density at radius 3 is 2.20 bits per heavy atom. The molecule has 1 aliphatic heterocycles. The Bertz CT molecular complexity index is 976. The van der Waals surface area contributed by atoms with E-state index in [2.05, 4.69) is 15.6 Å². The van der Waals surface area contributed by atoms with Crippen LogP contribution in [0.1, 0.15) is 16.7 Å². The summed E-state index contributed by atoms with van der Waals surface area (Å²) >= 11 is 0. The van der Waals surface area contributed by atoms with Crippen molar-refractivity contribution in [2.75, 3.05) is 33.4 Å². The third kappa shape index (κ3) is 6.01. The standard InChI is InChI=1S/C21H27FN4O3S/c1-23-21(25-15-18-7-4-5-9-20(18)22)24-14-17-6-2-3-8-19(17)16-30(27,28)26-10-12-29-13-11-26/h2-9H,10-16H2,1H3,(H2,23,24,25). The van der Waals surface area contributed by atoms with Gasteiger partial charge in [0.25, 0.3) is 0 Å². The summed E-state index contributed by atoms with van der Waals surface area (Å²) in [5, 5.41) is 6.24. The van der Waals surface area contributed by atoms with Crippen LogP contribution in [0.3, 0.4) is 0 Å². The molecule has 0 amide bonds. The fourth-order valence-electron chi connectivity index (χ4n) is 3.20. The first kappa shape index (κ1) is 22.2. The van der Waals surface area contributed by atoms with Crippen molar-refractivity contribution in [2.45, 2.75) is 18.8 Å². The molecule has 1 fully saturated rings. The Hall–Kier alpha value is -2.49. The summed E-state index contributed by atoms with van der Waals surface area (Å²) in [5.41, 5.74) is 2.14. The van der Waals surface area contributed by atoms with Crippen LogP contribution in [0.2, 0.25) is 0 Å². The van der Waals surface area contributed by atoms with E-state index in [0.29, 0.717) is 50.9 Å². The van der Waals surface area contributed by atoms with Crippen molar-refractivity contribution in [3.05, 3.63) is 71.0 Å². The van der Waals surface area contributed by atoms with Gasteiger partial charge in [0.05, 0.1) is 19.0 Å². The van der Waals surface area contributed by atoms with Crippen LogP contribution < -0.4 is 10.6 Å². The molecule has 7 nitrogen and oxygen atoms in total. The van der Waals surface area contributed by atoms with E-state index in [0.717, 1.165) is 11.1 Å². The second-order valence-corrected chi connectivity index (χ2v) is 8.88. The summed E-state index contributed by atoms with van der Waals surface area (Å²) < 4.78 is 46.1. The van der Waals surface area contributed by atoms with E-state index in [9.17, 15) is 12.8 Å². The molecule has 0 aromatic heterocycles. The van der Waals surface area contributed by atoms with Crippen LogP contribution in [0.25, 0.3) is 0 Å². The third-order valence-electron chi connectivity index (χ3n) is 4.89. The van der Waals surface area contributed by atoms with Gasteiger partial charge in [-0.2, -0.15) is 4.31 Å². The fourth-order valence-corrected chi connectivity index (χ4v) is 4.77. The van der Waals surface area contributed by atoms with Crippen LogP contribution in [0.4, 0.5) is 4.39 Å². The second kappa shape index (κ2) is 10.5. The molecule has 3 rings (SSSR count). The lowest BCUT2D eigenvalue weighted by Gasteiger charge is -2.26. The molecule has 2 N–H and O–H groups in total. The topological polar surface area (TPSA) is 83.0 Å². The predicted octanol–water partition coefficient (Wildman–Crippen LogP) is 1.85. The van der Waals surface area contributed by atoms with Crippen LogP contribution in [-0.2, 0) is 33.6 Å². The largest absolute Gasteiger partial charge is 0.379 e. The van der Waals surface area contributed by atoms with Crippen molar-refractivity contribution >= 4 is 16.0 Å². The monoisotopic (exact) mass is 434 g/mol. The van der Waals surface area contributed by atoms with Gasteiger partial charge in [-0.15, -0.1) is 0 Å². The minimum absolute atomic E-state index is 0.0634. The first-order chi connectivity index (χ1) is 14.5. The van der Waals surface area contributed by atoms with Crippen molar-refractivity contribution in [2.24, 2.45) is 4.99 Å². The van der Waals surface area contributed by atoms with Gasteiger partial charge < -0.3 is 15.4 Å². The van der Waals surface area contributed by atoms with Gasteiger partial charge in [-0.3, -0.25) is 4.99 Å². The van der Waals surface area contributed by atoms with Crippen LogP contribution >= 0.6 is 0 Å². The summed E-state index contributed by atoms with van der Waals surface area (Å²) in [7, 11) is -1.79. The highest BCUT2D eigenvalue weighted by molar-refractivity contribution is 7.88. The first-order valence-electron chi connectivity index (χ1n) is 9.80. The molecule has 0 spiro atoms. The highest BCUT2D eigenvalue weighted by atomic mass is 32.2. The van der Waals surface area contributed by atoms with Gasteiger partial charge in [-0.25, -0.2) is 12.8 Å². The molecule has 2 aromatic rings. The number of ether oxygens (including phenoxy) is 1. The number of rotatable bonds is 7. The number of nitrogens with one attached hydrogen (secondary N) is 2. The van der Waals surface area contributed by atoms with E-state index >= 15 is 0 Å². The summed E-state index contributed by atoms with van der Waals surface area (Å²) in [4.78, 5) is 4.16. The molecule has 0 bridgehead atoms. The fraction of sp³-hybridized carbons (Fsp3) is 0.381. The van der Waals surface area contributed by atoms with E-state index in [-0.39, 0.29) is 11.6 Å². The van der Waals surface area contributed by atoms with Crippen LogP contribution in [0.5, 0.6) is 0 Å². The molecule has 0 unspecified atom stereocenters. The highest BCUT2D eigenvalue weighted by Gasteiger charge is 2.25. The molecular weight excluding hydrogens is 407 g/mol. The molecule has 0 atom stereocenters. The van der Waals surface area contributed by atoms with Crippen LogP contribution in [0, 0.1) is 5.82 Å². The minimum atomic E-state index is -3.42. The van der Waals surface area contributed by atoms with Gasteiger partial charge in [0, 0.05) is 38.8 Å². The van der Waals surface area contributed by atoms with Gasteiger partial charge in [0.15, 0.2) is 5.96 Å². The number of benzene rings is 2. The van der Waals surface area contributed by atoms with Gasteiger partial charge in [-0.1, -0.05) is 42.5 Å². The van der Waals surface area contributed by atoms with Crippen molar-refractivity contribution in [3.8, 4) is 0 Å². The Kier molecular flexibility index (Phi) is 7.78. The Morgan fingerprint density at radius 1 is 1.00 bits per heavy atom. The van der Waals surface area contributed by atoms with Crippen molar-refractivity contribution < 1.29 is 17.5 Å². The molecule has 162 valence electrons. The van der Waals surface area contributed by atoms with Gasteiger partial charge in [0.2, 0.25) is 10.0 Å². The normalized spacial score (nSPS) is 15.7. The molecule has 1 saturated heterocycles. The lowest BCUT2D eigenvalue weighted by atomic mass is 10.1. The maximum absolute atomic E-state index is 13.8. The summed E-state index contributed by atoms with van der Waals surface area (Å²) in [6.07, 6.45) is 0. The quantitative estimate of drug-likeness (QED) is 0.513. The smallest absolute Gasteiger partial charge is 0.218 e. The van der Waals surface area contributed by atoms with Crippen molar-refractivity contribution in [1.29, 1.82) is 0 Å². The van der Waals surface area contributed by atoms with Crippen LogP contribution in [-0.4, -0.2) is 52.0 Å². The lowest BCUT2D eigenvalue weighted by Crippen LogP contribution is -2.41. The molecule has 0 saturated carbocycles. The number of morpholine rings is 1. The maximum Gasteiger partial charge on any atom is 0.218 e. The number of guanidine groups is 1. The Morgan fingerprint density at radius 2 is 1.57 bits per heavy atom. The average Bonchev–Trinajstić information content (AvgIpc) is 2.76. The van der Waals surface area contributed by atoms with Gasteiger partial charge in [0.1, 0.15) is 5.82 Å². The van der Waals surface area contributed by atoms with E-state index in [4.69, 9.17) is 4.74 Å².